The molecule has 2 aliphatic rings. The molecule has 0 aromatic carbocycles. The molecule has 2 amide bonds. The number of pyridine rings is 2. The summed E-state index contributed by atoms with van der Waals surface area (Å²) in [5.41, 5.74) is 0.890. The first-order chi connectivity index (χ1) is 14.1. The molecule has 2 N–H and O–H groups in total. The number of fused-ring (bicyclic) bond motifs is 1. The van der Waals surface area contributed by atoms with Crippen molar-refractivity contribution < 1.29 is 9.59 Å². The van der Waals surface area contributed by atoms with Crippen LogP contribution >= 0.6 is 0 Å². The molecule has 2 aliphatic heterocycles. The van der Waals surface area contributed by atoms with Crippen LogP contribution < -0.4 is 21.2 Å². The van der Waals surface area contributed by atoms with Gasteiger partial charge in [-0.1, -0.05) is 12.2 Å². The zero-order chi connectivity index (χ0) is 20.4. The molecule has 0 bridgehead atoms. The van der Waals surface area contributed by atoms with E-state index in [2.05, 4.69) is 15.6 Å². The third-order valence-electron chi connectivity index (χ3n) is 4.66. The van der Waals surface area contributed by atoms with Gasteiger partial charge in [0.1, 0.15) is 0 Å². The SMILES string of the molecule is Cc1cc2cccnc2n(N(C(=O)C2=CC=CNC2)C(=O)C2=CC=CNC2)c1=O. The Bertz CT molecular complexity index is 1140. The Morgan fingerprint density at radius 1 is 1.07 bits per heavy atom. The lowest BCUT2D eigenvalue weighted by Crippen LogP contribution is -2.53. The van der Waals surface area contributed by atoms with E-state index < -0.39 is 17.4 Å². The molecule has 0 atom stereocenters. The van der Waals surface area contributed by atoms with Crippen LogP contribution in [0.15, 0.2) is 77.0 Å². The molecule has 0 radical (unpaired) electrons. The molecule has 8 heteroatoms. The highest BCUT2D eigenvalue weighted by Crippen LogP contribution is 2.15. The van der Waals surface area contributed by atoms with E-state index in [4.69, 9.17) is 0 Å². The Balaban J connectivity index is 1.95. The molecule has 2 aromatic rings. The van der Waals surface area contributed by atoms with E-state index in [-0.39, 0.29) is 18.7 Å². The van der Waals surface area contributed by atoms with Crippen LogP contribution in [-0.4, -0.2) is 34.6 Å². The Labute approximate surface area is 166 Å². The van der Waals surface area contributed by atoms with Crippen LogP contribution in [0.5, 0.6) is 0 Å². The first-order valence-corrected chi connectivity index (χ1v) is 9.12. The number of carbonyl (C=O) groups is 2. The van der Waals surface area contributed by atoms with Crippen molar-refractivity contribution in [3.8, 4) is 0 Å². The van der Waals surface area contributed by atoms with Gasteiger partial charge in [-0.25, -0.2) is 4.98 Å². The summed E-state index contributed by atoms with van der Waals surface area (Å²) in [4.78, 5) is 44.2. The average molecular weight is 389 g/mol. The number of imide groups is 1. The fourth-order valence-corrected chi connectivity index (χ4v) is 3.20. The summed E-state index contributed by atoms with van der Waals surface area (Å²) in [6, 6.07) is 5.22. The Hall–Kier alpha value is -3.94. The van der Waals surface area contributed by atoms with Crippen LogP contribution in [0.4, 0.5) is 0 Å². The van der Waals surface area contributed by atoms with E-state index in [0.29, 0.717) is 22.1 Å². The molecule has 0 aliphatic carbocycles. The van der Waals surface area contributed by atoms with E-state index in [9.17, 15) is 14.4 Å². The highest BCUT2D eigenvalue weighted by molar-refractivity contribution is 6.21. The fraction of sp³-hybridized carbons (Fsp3) is 0.143. The number of hydrogen-bond acceptors (Lipinski definition) is 6. The van der Waals surface area contributed by atoms with Crippen molar-refractivity contribution in [2.45, 2.75) is 6.92 Å². The number of amides is 2. The van der Waals surface area contributed by atoms with Crippen molar-refractivity contribution in [1.82, 2.24) is 20.3 Å². The molecule has 4 heterocycles. The predicted molar refractivity (Wildman–Crippen MR) is 109 cm³/mol. The largest absolute Gasteiger partial charge is 0.387 e. The van der Waals surface area contributed by atoms with Gasteiger partial charge in [-0.3, -0.25) is 14.4 Å². The number of nitrogens with zero attached hydrogens (tertiary/aromatic N) is 3. The Kier molecular flexibility index (Phi) is 4.82. The van der Waals surface area contributed by atoms with Gasteiger partial charge >= 0.3 is 0 Å². The first-order valence-electron chi connectivity index (χ1n) is 9.12. The van der Waals surface area contributed by atoms with Crippen molar-refractivity contribution >= 4 is 22.8 Å². The maximum Gasteiger partial charge on any atom is 0.278 e. The molecule has 4 rings (SSSR count). The van der Waals surface area contributed by atoms with E-state index in [1.807, 2.05) is 0 Å². The van der Waals surface area contributed by atoms with Crippen molar-refractivity contribution in [3.63, 3.8) is 0 Å². The second kappa shape index (κ2) is 7.59. The maximum atomic E-state index is 13.4. The number of aromatic nitrogens is 2. The Morgan fingerprint density at radius 3 is 2.24 bits per heavy atom. The Morgan fingerprint density at radius 2 is 1.69 bits per heavy atom. The summed E-state index contributed by atoms with van der Waals surface area (Å²) >= 11 is 0. The van der Waals surface area contributed by atoms with Crippen LogP contribution in [0, 0.1) is 6.92 Å². The van der Waals surface area contributed by atoms with Gasteiger partial charge < -0.3 is 10.6 Å². The fourth-order valence-electron chi connectivity index (χ4n) is 3.20. The number of hydrogen-bond donors (Lipinski definition) is 2. The average Bonchev–Trinajstić information content (AvgIpc) is 2.77. The zero-order valence-corrected chi connectivity index (χ0v) is 15.8. The van der Waals surface area contributed by atoms with Crippen molar-refractivity contribution in [2.75, 3.05) is 18.1 Å². The highest BCUT2D eigenvalue weighted by Gasteiger charge is 2.31. The molecule has 29 heavy (non-hydrogen) atoms. The normalized spacial score (nSPS) is 15.2. The lowest BCUT2D eigenvalue weighted by atomic mass is 10.1. The first kappa shape index (κ1) is 18.4. The molecule has 0 unspecified atom stereocenters. The lowest BCUT2D eigenvalue weighted by molar-refractivity contribution is -0.125. The van der Waals surface area contributed by atoms with Gasteiger partial charge in [0.05, 0.1) is 0 Å². The van der Waals surface area contributed by atoms with Crippen molar-refractivity contribution in [2.24, 2.45) is 0 Å². The zero-order valence-electron chi connectivity index (χ0n) is 15.8. The van der Waals surface area contributed by atoms with Crippen LogP contribution in [0.2, 0.25) is 0 Å². The minimum absolute atomic E-state index is 0.240. The summed E-state index contributed by atoms with van der Waals surface area (Å²) in [6.07, 6.45) is 11.5. The van der Waals surface area contributed by atoms with E-state index in [0.717, 1.165) is 9.69 Å². The van der Waals surface area contributed by atoms with Crippen LogP contribution in [0.25, 0.3) is 11.0 Å². The van der Waals surface area contributed by atoms with Crippen molar-refractivity contribution in [1.29, 1.82) is 0 Å². The topological polar surface area (TPSA) is 96.3 Å². The number of aryl methyl sites for hydroxylation is 1. The van der Waals surface area contributed by atoms with Crippen LogP contribution in [0.1, 0.15) is 5.56 Å². The molecule has 2 aromatic heterocycles. The maximum absolute atomic E-state index is 13.4. The van der Waals surface area contributed by atoms with Gasteiger partial charge in [0.2, 0.25) is 0 Å². The molecular formula is C21H19N5O3. The van der Waals surface area contributed by atoms with E-state index >= 15 is 0 Å². The van der Waals surface area contributed by atoms with Gasteiger partial charge in [0.25, 0.3) is 17.4 Å². The minimum Gasteiger partial charge on any atom is -0.387 e. The van der Waals surface area contributed by atoms with Gasteiger partial charge in [0, 0.05) is 41.4 Å². The van der Waals surface area contributed by atoms with Crippen LogP contribution in [0.3, 0.4) is 0 Å². The molecule has 0 spiro atoms. The van der Waals surface area contributed by atoms with E-state index in [1.54, 1.807) is 61.8 Å². The second-order valence-electron chi connectivity index (χ2n) is 6.65. The molecule has 8 nitrogen and oxygen atoms in total. The quantitative estimate of drug-likeness (QED) is 0.754. The van der Waals surface area contributed by atoms with Gasteiger partial charge in [-0.2, -0.15) is 9.69 Å². The van der Waals surface area contributed by atoms with Gasteiger partial charge in [-0.15, -0.1) is 0 Å². The van der Waals surface area contributed by atoms with Crippen LogP contribution in [-0.2, 0) is 9.59 Å². The summed E-state index contributed by atoms with van der Waals surface area (Å²) < 4.78 is 1.08. The predicted octanol–water partition coefficient (Wildman–Crippen LogP) is 0.783. The third kappa shape index (κ3) is 3.36. The highest BCUT2D eigenvalue weighted by atomic mass is 16.2. The molecule has 0 saturated carbocycles. The number of nitrogens with one attached hydrogen (secondary N) is 2. The summed E-state index contributed by atoms with van der Waals surface area (Å²) in [7, 11) is 0. The minimum atomic E-state index is -0.582. The van der Waals surface area contributed by atoms with Crippen molar-refractivity contribution in [3.05, 3.63) is 88.2 Å². The summed E-state index contributed by atoms with van der Waals surface area (Å²) in [5, 5.41) is 7.46. The number of allylic oxidation sites excluding steroid dienone is 4. The molecule has 146 valence electrons. The van der Waals surface area contributed by atoms with E-state index in [1.165, 1.54) is 6.20 Å². The van der Waals surface area contributed by atoms with Gasteiger partial charge in [0.15, 0.2) is 5.65 Å². The number of carbonyl (C=O) groups excluding carboxylic acids is 2. The number of rotatable bonds is 3. The van der Waals surface area contributed by atoms with Gasteiger partial charge in [-0.05, 0) is 49.7 Å². The molecular weight excluding hydrogens is 370 g/mol. The summed E-state index contributed by atoms with van der Waals surface area (Å²) in [6.45, 7) is 2.15. The third-order valence-corrected chi connectivity index (χ3v) is 4.66. The number of dihydropyridines is 2. The molecule has 0 fully saturated rings. The second-order valence-corrected chi connectivity index (χ2v) is 6.65. The molecule has 0 saturated heterocycles. The monoisotopic (exact) mass is 389 g/mol. The standard InChI is InChI=1S/C21H19N5O3/c1-14-11-15-5-4-10-24-18(15)25(19(14)27)26(20(28)16-6-2-8-22-12-16)21(29)17-7-3-9-23-13-17/h2-11,22-23H,12-13H2,1H3. The lowest BCUT2D eigenvalue weighted by Gasteiger charge is -2.27. The summed E-state index contributed by atoms with van der Waals surface area (Å²) in [5.74, 6) is -1.16. The smallest absolute Gasteiger partial charge is 0.278 e.